The van der Waals surface area contributed by atoms with Crippen LogP contribution < -0.4 is 45.0 Å². The molecule has 20 N–H and O–H groups in total. The van der Waals surface area contributed by atoms with E-state index < -0.39 is 128 Å². The van der Waals surface area contributed by atoms with Crippen molar-refractivity contribution >= 4 is 5.91 Å². The SMILES string of the molecule is NC[C@@H]1O[C@H](O[C@H]2[C@@H](O)[C@H](O[C@@H]3[C@@H](O)[C@H](NC(=O)C4(O)CC4N)C[C@H](N)[C@H]3O[C@H]3O[C@H](CNCC4CC(N)C4)C=C[C@H]3N)O[C@@H]2CO)[C@H](N)[C@@H](O)[C@@H]1O. The molecule has 19 atom stereocenters. The summed E-state index contributed by atoms with van der Waals surface area (Å²) in [6.07, 6.45) is -11.2. The number of aliphatic hydroxyl groups excluding tert-OH is 5. The van der Waals surface area contributed by atoms with Crippen molar-refractivity contribution in [3.63, 3.8) is 0 Å². The smallest absolute Gasteiger partial charge is 0.253 e. The van der Waals surface area contributed by atoms with Crippen molar-refractivity contribution < 1.29 is 63.9 Å². The quantitative estimate of drug-likeness (QED) is 0.0731. The minimum Gasteiger partial charge on any atom is -0.394 e. The Labute approximate surface area is 306 Å². The summed E-state index contributed by atoms with van der Waals surface area (Å²) < 4.78 is 36.1. The summed E-state index contributed by atoms with van der Waals surface area (Å²) >= 11 is 0. The van der Waals surface area contributed by atoms with Crippen LogP contribution >= 0.6 is 0 Å². The number of nitrogens with one attached hydrogen (secondary N) is 2. The third kappa shape index (κ3) is 8.73. The van der Waals surface area contributed by atoms with Gasteiger partial charge in [0.1, 0.15) is 54.9 Å². The zero-order valence-electron chi connectivity index (χ0n) is 29.4. The Morgan fingerprint density at radius 1 is 0.792 bits per heavy atom. The molecular formula is C32H58N8O13. The monoisotopic (exact) mass is 762 g/mol. The van der Waals surface area contributed by atoms with E-state index in [2.05, 4.69) is 10.6 Å². The van der Waals surface area contributed by atoms with Crippen molar-refractivity contribution in [2.24, 2.45) is 40.3 Å². The number of aliphatic hydroxyl groups is 6. The summed E-state index contributed by atoms with van der Waals surface area (Å²) in [5, 5.41) is 70.5. The highest BCUT2D eigenvalue weighted by molar-refractivity contribution is 5.89. The van der Waals surface area contributed by atoms with Crippen LogP contribution in [-0.4, -0.2) is 185 Å². The predicted octanol–water partition coefficient (Wildman–Crippen LogP) is -8.07. The van der Waals surface area contributed by atoms with Crippen molar-refractivity contribution in [2.45, 2.75) is 147 Å². The summed E-state index contributed by atoms with van der Waals surface area (Å²) in [7, 11) is 0. The van der Waals surface area contributed by atoms with E-state index in [4.69, 9.17) is 62.8 Å². The fourth-order valence-corrected chi connectivity index (χ4v) is 7.69. The number of carbonyl (C=O) groups is 1. The number of hydrogen-bond donors (Lipinski definition) is 14. The molecule has 21 nitrogen and oxygen atoms in total. The van der Waals surface area contributed by atoms with Gasteiger partial charge in [-0.2, -0.15) is 0 Å². The average Bonchev–Trinajstić information content (AvgIpc) is 3.64. The standard InChI is InChI=1S/C32H58N8O13/c33-7-17-22(43)23(44)20(38)29(49-17)52-26-18(10-41)50-30(24(26)45)53-27-21(42)16(40-31(46)32(47)6-19(32)37)5-15(36)25(27)51-28-14(35)2-1-13(48-28)9-39-8-11-3-12(34)4-11/h1-2,11-30,39,41-45,47H,3-10,33-38H2,(H,40,46)/t11?,12?,13-,14+,15-,16+,17-,18+,19?,20+,21-,22+,23+,24+,25+,26+,27+,28+,29+,30-,32?/m0/s1. The molecule has 3 heterocycles. The van der Waals surface area contributed by atoms with E-state index in [1.807, 2.05) is 6.08 Å². The molecule has 3 aliphatic heterocycles. The fraction of sp³-hybridized carbons (Fsp3) is 0.906. The number of rotatable bonds is 14. The lowest BCUT2D eigenvalue weighted by Crippen LogP contribution is -2.67. The Bertz CT molecular complexity index is 1270. The second kappa shape index (κ2) is 16.9. The van der Waals surface area contributed by atoms with E-state index in [1.165, 1.54) is 0 Å². The lowest BCUT2D eigenvalue weighted by Gasteiger charge is -2.46. The average molecular weight is 763 g/mol. The Kier molecular flexibility index (Phi) is 13.1. The molecule has 0 spiro atoms. The Morgan fingerprint density at radius 2 is 1.45 bits per heavy atom. The number of nitrogens with two attached hydrogens (primary N) is 6. The maximum atomic E-state index is 12.9. The van der Waals surface area contributed by atoms with Crippen molar-refractivity contribution in [1.29, 1.82) is 0 Å². The third-order valence-electron chi connectivity index (χ3n) is 11.3. The highest BCUT2D eigenvalue weighted by Gasteiger charge is 2.59. The lowest BCUT2D eigenvalue weighted by molar-refractivity contribution is -0.284. The van der Waals surface area contributed by atoms with Gasteiger partial charge in [0, 0.05) is 37.6 Å². The molecule has 2 saturated heterocycles. The molecule has 0 radical (unpaired) electrons. The number of carbonyl (C=O) groups excluding carboxylic acids is 1. The van der Waals surface area contributed by atoms with E-state index in [0.29, 0.717) is 12.5 Å². The van der Waals surface area contributed by atoms with Gasteiger partial charge in [0.2, 0.25) is 0 Å². The van der Waals surface area contributed by atoms with E-state index in [-0.39, 0.29) is 25.4 Å². The van der Waals surface area contributed by atoms with E-state index >= 15 is 0 Å². The van der Waals surface area contributed by atoms with Gasteiger partial charge in [-0.25, -0.2) is 0 Å². The molecule has 0 aromatic carbocycles. The summed E-state index contributed by atoms with van der Waals surface area (Å²) in [6, 6.07) is -4.53. The zero-order valence-corrected chi connectivity index (χ0v) is 29.4. The van der Waals surface area contributed by atoms with Crippen LogP contribution in [0.1, 0.15) is 25.7 Å². The van der Waals surface area contributed by atoms with Gasteiger partial charge < -0.3 is 104 Å². The molecule has 6 aliphatic rings. The summed E-state index contributed by atoms with van der Waals surface area (Å²) in [4.78, 5) is 12.9. The van der Waals surface area contributed by atoms with Gasteiger partial charge in [-0.15, -0.1) is 0 Å². The van der Waals surface area contributed by atoms with E-state index in [9.17, 15) is 35.4 Å². The molecule has 3 saturated carbocycles. The molecule has 2 unspecified atom stereocenters. The summed E-state index contributed by atoms with van der Waals surface area (Å²) in [5.74, 6) is -0.298. The minimum atomic E-state index is -1.80. The predicted molar refractivity (Wildman–Crippen MR) is 181 cm³/mol. The van der Waals surface area contributed by atoms with Gasteiger partial charge in [0.05, 0.1) is 30.8 Å². The molecule has 0 aromatic heterocycles. The molecule has 3 aliphatic carbocycles. The van der Waals surface area contributed by atoms with Crippen LogP contribution in [0.2, 0.25) is 0 Å². The van der Waals surface area contributed by atoms with Gasteiger partial charge in [-0.3, -0.25) is 4.79 Å². The molecule has 0 bridgehead atoms. The molecule has 1 amide bonds. The van der Waals surface area contributed by atoms with Crippen LogP contribution in [-0.2, 0) is 33.2 Å². The van der Waals surface area contributed by atoms with Crippen molar-refractivity contribution in [3.8, 4) is 0 Å². The highest BCUT2D eigenvalue weighted by Crippen LogP contribution is 2.37. The molecule has 5 fully saturated rings. The van der Waals surface area contributed by atoms with Crippen LogP contribution in [0.25, 0.3) is 0 Å². The van der Waals surface area contributed by atoms with Crippen LogP contribution in [0.5, 0.6) is 0 Å². The topological polar surface area (TPSA) is 374 Å². The first-order valence-electron chi connectivity index (χ1n) is 18.3. The number of hydrogen-bond acceptors (Lipinski definition) is 20. The Hall–Kier alpha value is -1.55. The van der Waals surface area contributed by atoms with Crippen LogP contribution in [0, 0.1) is 5.92 Å². The Balaban J connectivity index is 1.16. The first-order valence-corrected chi connectivity index (χ1v) is 18.3. The number of amides is 1. The second-order valence-corrected chi connectivity index (χ2v) is 15.3. The van der Waals surface area contributed by atoms with Crippen molar-refractivity contribution in [3.05, 3.63) is 12.2 Å². The van der Waals surface area contributed by atoms with Crippen LogP contribution in [0.15, 0.2) is 12.2 Å². The molecule has 304 valence electrons. The Morgan fingerprint density at radius 3 is 2.09 bits per heavy atom. The lowest BCUT2D eigenvalue weighted by atomic mass is 9.81. The molecular weight excluding hydrogens is 704 g/mol. The fourth-order valence-electron chi connectivity index (χ4n) is 7.69. The highest BCUT2D eigenvalue weighted by atomic mass is 16.8. The first-order chi connectivity index (χ1) is 25.1. The normalized spacial score (nSPS) is 51.2. The maximum Gasteiger partial charge on any atom is 0.253 e. The van der Waals surface area contributed by atoms with E-state index in [0.717, 1.165) is 19.4 Å². The molecule has 6 rings (SSSR count). The van der Waals surface area contributed by atoms with Crippen molar-refractivity contribution in [1.82, 2.24) is 10.6 Å². The van der Waals surface area contributed by atoms with Crippen molar-refractivity contribution in [2.75, 3.05) is 26.2 Å². The van der Waals surface area contributed by atoms with Gasteiger partial charge >= 0.3 is 0 Å². The summed E-state index contributed by atoms with van der Waals surface area (Å²) in [5.41, 5.74) is 34.6. The first kappa shape index (κ1) is 41.1. The third-order valence-corrected chi connectivity index (χ3v) is 11.3. The molecule has 21 heteroatoms. The number of ether oxygens (including phenoxy) is 6. The minimum absolute atomic E-state index is 0.0263. The maximum absolute atomic E-state index is 12.9. The van der Waals surface area contributed by atoms with Gasteiger partial charge in [0.15, 0.2) is 24.5 Å². The van der Waals surface area contributed by atoms with Gasteiger partial charge in [-0.05, 0) is 31.7 Å². The van der Waals surface area contributed by atoms with Gasteiger partial charge in [-0.1, -0.05) is 12.2 Å². The van der Waals surface area contributed by atoms with E-state index in [1.54, 1.807) is 6.08 Å². The second-order valence-electron chi connectivity index (χ2n) is 15.3. The van der Waals surface area contributed by atoms with Crippen LogP contribution in [0.3, 0.4) is 0 Å². The van der Waals surface area contributed by atoms with Gasteiger partial charge in [0.25, 0.3) is 5.91 Å². The largest absolute Gasteiger partial charge is 0.394 e. The van der Waals surface area contributed by atoms with Crippen LogP contribution in [0.4, 0.5) is 0 Å². The molecule has 0 aromatic rings. The summed E-state index contributed by atoms with van der Waals surface area (Å²) in [6.45, 7) is 0.401. The zero-order chi connectivity index (χ0) is 38.4. The molecule has 53 heavy (non-hydrogen) atoms.